The number of hydrogen-bond acceptors (Lipinski definition) is 3. The van der Waals surface area contributed by atoms with Gasteiger partial charge in [0, 0.05) is 55.2 Å². The van der Waals surface area contributed by atoms with Crippen molar-refractivity contribution in [1.29, 1.82) is 0 Å². The standard InChI is InChI=1S/C22H30N4O2/c1-4-25(2)21(27)23-14-11-22(28)16-6-5-7-17-19(16)15(10-18(22)26(3)12-14)20(24-17)13-8-9-13/h5-7,13-14,18,24,28H,4,8-12H2,1-3H3,(H,23,27). The number of urea groups is 1. The van der Waals surface area contributed by atoms with E-state index < -0.39 is 5.60 Å². The summed E-state index contributed by atoms with van der Waals surface area (Å²) in [7, 11) is 3.87. The topological polar surface area (TPSA) is 71.6 Å². The van der Waals surface area contributed by atoms with Gasteiger partial charge in [0.05, 0.1) is 0 Å². The van der Waals surface area contributed by atoms with Crippen molar-refractivity contribution in [3.8, 4) is 0 Å². The number of carbonyl (C=O) groups is 1. The van der Waals surface area contributed by atoms with Crippen molar-refractivity contribution in [3.63, 3.8) is 0 Å². The molecule has 1 saturated carbocycles. The van der Waals surface area contributed by atoms with Gasteiger partial charge in [-0.05, 0) is 56.3 Å². The van der Waals surface area contributed by atoms with Crippen LogP contribution in [0.1, 0.15) is 48.9 Å². The first-order chi connectivity index (χ1) is 13.4. The Bertz CT molecular complexity index is 934. The molecule has 0 spiro atoms. The lowest BCUT2D eigenvalue weighted by Crippen LogP contribution is -2.63. The van der Waals surface area contributed by atoms with Crippen LogP contribution in [0.3, 0.4) is 0 Å². The lowest BCUT2D eigenvalue weighted by atomic mass is 9.70. The van der Waals surface area contributed by atoms with Crippen LogP contribution in [0.25, 0.3) is 10.9 Å². The predicted molar refractivity (Wildman–Crippen MR) is 110 cm³/mol. The summed E-state index contributed by atoms with van der Waals surface area (Å²) in [6.07, 6.45) is 3.94. The van der Waals surface area contributed by atoms with Crippen LogP contribution >= 0.6 is 0 Å². The highest BCUT2D eigenvalue weighted by Gasteiger charge is 2.51. The van der Waals surface area contributed by atoms with E-state index in [1.54, 1.807) is 11.9 Å². The summed E-state index contributed by atoms with van der Waals surface area (Å²) in [5.41, 5.74) is 4.00. The van der Waals surface area contributed by atoms with Crippen LogP contribution in [0, 0.1) is 0 Å². The largest absolute Gasteiger partial charge is 0.383 e. The van der Waals surface area contributed by atoms with E-state index in [-0.39, 0.29) is 18.1 Å². The normalized spacial score (nSPS) is 29.6. The molecule has 0 radical (unpaired) electrons. The third kappa shape index (κ3) is 2.58. The highest BCUT2D eigenvalue weighted by Crippen LogP contribution is 2.50. The first kappa shape index (κ1) is 18.0. The van der Waals surface area contributed by atoms with E-state index >= 15 is 0 Å². The molecule has 150 valence electrons. The number of hydrogen-bond donors (Lipinski definition) is 3. The molecule has 1 aliphatic heterocycles. The van der Waals surface area contributed by atoms with E-state index in [1.165, 1.54) is 29.5 Å². The number of nitrogens with one attached hydrogen (secondary N) is 2. The lowest BCUT2D eigenvalue weighted by Gasteiger charge is -2.51. The monoisotopic (exact) mass is 382 g/mol. The third-order valence-corrected chi connectivity index (χ3v) is 7.11. The number of aromatic amines is 1. The van der Waals surface area contributed by atoms with Crippen LogP contribution < -0.4 is 5.32 Å². The smallest absolute Gasteiger partial charge is 0.317 e. The molecule has 28 heavy (non-hydrogen) atoms. The van der Waals surface area contributed by atoms with Crippen molar-refractivity contribution in [2.24, 2.45) is 0 Å². The van der Waals surface area contributed by atoms with Crippen LogP contribution in [0.5, 0.6) is 0 Å². The minimum atomic E-state index is -0.953. The Balaban J connectivity index is 1.54. The Kier molecular flexibility index (Phi) is 4.00. The molecule has 6 heteroatoms. The molecule has 1 saturated heterocycles. The summed E-state index contributed by atoms with van der Waals surface area (Å²) in [5, 5.41) is 16.3. The van der Waals surface area contributed by atoms with Crippen LogP contribution in [0.2, 0.25) is 0 Å². The number of rotatable bonds is 3. The maximum Gasteiger partial charge on any atom is 0.317 e. The van der Waals surface area contributed by atoms with Crippen molar-refractivity contribution in [2.45, 2.75) is 56.2 Å². The van der Waals surface area contributed by atoms with E-state index in [2.05, 4.69) is 34.4 Å². The molecule has 1 aromatic carbocycles. The van der Waals surface area contributed by atoms with Gasteiger partial charge in [-0.3, -0.25) is 4.90 Å². The summed E-state index contributed by atoms with van der Waals surface area (Å²) in [5.74, 6) is 0.659. The Labute approximate surface area is 165 Å². The van der Waals surface area contributed by atoms with Gasteiger partial charge in [0.25, 0.3) is 0 Å². The minimum Gasteiger partial charge on any atom is -0.383 e. The molecule has 3 N–H and O–H groups in total. The maximum absolute atomic E-state index is 12.4. The summed E-state index contributed by atoms with van der Waals surface area (Å²) in [4.78, 5) is 20.0. The number of fused-ring (bicyclic) bond motifs is 2. The molecule has 3 atom stereocenters. The van der Waals surface area contributed by atoms with Crippen LogP contribution in [-0.4, -0.2) is 65.2 Å². The fourth-order valence-corrected chi connectivity index (χ4v) is 5.38. The molecule has 3 aliphatic rings. The van der Waals surface area contributed by atoms with E-state index in [0.717, 1.165) is 24.0 Å². The molecular weight excluding hydrogens is 352 g/mol. The van der Waals surface area contributed by atoms with E-state index in [9.17, 15) is 9.90 Å². The number of H-pyrrole nitrogens is 1. The van der Waals surface area contributed by atoms with E-state index in [4.69, 9.17) is 0 Å². The van der Waals surface area contributed by atoms with Crippen molar-refractivity contribution in [1.82, 2.24) is 20.1 Å². The van der Waals surface area contributed by atoms with Gasteiger partial charge in [-0.25, -0.2) is 4.79 Å². The van der Waals surface area contributed by atoms with Crippen molar-refractivity contribution in [3.05, 3.63) is 35.0 Å². The van der Waals surface area contributed by atoms with Crippen LogP contribution in [0.4, 0.5) is 4.79 Å². The highest BCUT2D eigenvalue weighted by molar-refractivity contribution is 5.90. The number of carbonyl (C=O) groups excluding carboxylic acids is 1. The van der Waals surface area contributed by atoms with Gasteiger partial charge in [0.15, 0.2) is 0 Å². The number of nitrogens with zero attached hydrogens (tertiary/aromatic N) is 2. The van der Waals surface area contributed by atoms with E-state index in [1.807, 2.05) is 13.0 Å². The molecule has 2 fully saturated rings. The summed E-state index contributed by atoms with van der Waals surface area (Å²) < 4.78 is 0. The van der Waals surface area contributed by atoms with Gasteiger partial charge in [-0.15, -0.1) is 0 Å². The molecule has 1 aromatic heterocycles. The van der Waals surface area contributed by atoms with Crippen LogP contribution in [0.15, 0.2) is 18.2 Å². The predicted octanol–water partition coefficient (Wildman–Crippen LogP) is 2.52. The van der Waals surface area contributed by atoms with Crippen molar-refractivity contribution in [2.75, 3.05) is 27.2 Å². The number of amides is 2. The van der Waals surface area contributed by atoms with Gasteiger partial charge in [0.1, 0.15) is 5.60 Å². The number of aromatic nitrogens is 1. The Hall–Kier alpha value is -2.05. The second kappa shape index (κ2) is 6.22. The Morgan fingerprint density at radius 1 is 1.43 bits per heavy atom. The summed E-state index contributed by atoms with van der Waals surface area (Å²) in [6.45, 7) is 3.38. The van der Waals surface area contributed by atoms with E-state index in [0.29, 0.717) is 18.9 Å². The van der Waals surface area contributed by atoms with Gasteiger partial charge in [0.2, 0.25) is 0 Å². The zero-order valence-corrected chi connectivity index (χ0v) is 17.0. The van der Waals surface area contributed by atoms with Crippen molar-refractivity contribution >= 4 is 16.9 Å². The fraction of sp³-hybridized carbons (Fsp3) is 0.591. The fourth-order valence-electron chi connectivity index (χ4n) is 5.38. The minimum absolute atomic E-state index is 0.0379. The number of aliphatic hydroxyl groups is 1. The molecular formula is C22H30N4O2. The maximum atomic E-state index is 12.4. The lowest BCUT2D eigenvalue weighted by molar-refractivity contribution is -0.0889. The summed E-state index contributed by atoms with van der Waals surface area (Å²) in [6, 6.07) is 6.14. The average molecular weight is 383 g/mol. The highest BCUT2D eigenvalue weighted by atomic mass is 16.3. The zero-order valence-electron chi connectivity index (χ0n) is 17.0. The average Bonchev–Trinajstić information content (AvgIpc) is 3.45. The molecule has 3 unspecified atom stereocenters. The molecule has 2 aromatic rings. The molecule has 6 nitrogen and oxygen atoms in total. The Morgan fingerprint density at radius 3 is 2.93 bits per heavy atom. The first-order valence-electron chi connectivity index (χ1n) is 10.5. The summed E-state index contributed by atoms with van der Waals surface area (Å²) >= 11 is 0. The number of likely N-dealkylation sites (tertiary alicyclic amines) is 1. The van der Waals surface area contributed by atoms with Gasteiger partial charge < -0.3 is 20.3 Å². The van der Waals surface area contributed by atoms with Crippen LogP contribution in [-0.2, 0) is 12.0 Å². The van der Waals surface area contributed by atoms with Crippen molar-refractivity contribution < 1.29 is 9.90 Å². The molecule has 0 bridgehead atoms. The molecule has 2 amide bonds. The third-order valence-electron chi connectivity index (χ3n) is 7.11. The van der Waals surface area contributed by atoms with Gasteiger partial charge in [-0.1, -0.05) is 12.1 Å². The van der Waals surface area contributed by atoms with Gasteiger partial charge in [-0.2, -0.15) is 0 Å². The molecule has 2 heterocycles. The number of likely N-dealkylation sites (N-methyl/N-ethyl adjacent to an activating group) is 1. The molecule has 2 aliphatic carbocycles. The Morgan fingerprint density at radius 2 is 2.21 bits per heavy atom. The SMILES string of the molecule is CCN(C)C(=O)NC1CN(C)C2Cc3c(C4CC4)[nH]c4cccc(c34)C2(O)C1. The zero-order chi connectivity index (χ0) is 19.6. The quantitative estimate of drug-likeness (QED) is 0.764. The number of benzene rings is 1. The number of piperidine rings is 1. The second-order valence-corrected chi connectivity index (χ2v) is 8.97. The first-order valence-corrected chi connectivity index (χ1v) is 10.5. The molecule has 5 rings (SSSR count). The van der Waals surface area contributed by atoms with Gasteiger partial charge >= 0.3 is 6.03 Å². The second-order valence-electron chi connectivity index (χ2n) is 8.97.